The zero-order valence-electron chi connectivity index (χ0n) is 9.82. The highest BCUT2D eigenvalue weighted by molar-refractivity contribution is 8.00. The van der Waals surface area contributed by atoms with E-state index in [-0.39, 0.29) is 0 Å². The lowest BCUT2D eigenvalue weighted by Crippen LogP contribution is -2.23. The molecule has 1 heterocycles. The van der Waals surface area contributed by atoms with Gasteiger partial charge in [0.05, 0.1) is 12.8 Å². The maximum Gasteiger partial charge on any atom is 0.117 e. The molecule has 2 atom stereocenters. The summed E-state index contributed by atoms with van der Waals surface area (Å²) >= 11 is 2.04. The predicted octanol–water partition coefficient (Wildman–Crippen LogP) is 3.29. The highest BCUT2D eigenvalue weighted by Gasteiger charge is 2.07. The lowest BCUT2D eigenvalue weighted by molar-refractivity contribution is 0.484. The van der Waals surface area contributed by atoms with Gasteiger partial charge in [0.1, 0.15) is 5.76 Å². The quantitative estimate of drug-likeness (QED) is 0.774. The van der Waals surface area contributed by atoms with Crippen LogP contribution in [0.1, 0.15) is 33.0 Å². The van der Waals surface area contributed by atoms with Crippen LogP contribution in [0.3, 0.4) is 0 Å². The van der Waals surface area contributed by atoms with Crippen LogP contribution in [0.25, 0.3) is 0 Å². The fraction of sp³-hybridized carbons (Fsp3) is 0.667. The summed E-state index contributed by atoms with van der Waals surface area (Å²) in [7, 11) is 0. The Bertz CT molecular complexity index is 248. The number of furan rings is 1. The number of rotatable bonds is 7. The average Bonchev–Trinajstić information content (AvgIpc) is 2.70. The van der Waals surface area contributed by atoms with Gasteiger partial charge >= 0.3 is 0 Å². The summed E-state index contributed by atoms with van der Waals surface area (Å²) in [4.78, 5) is 0. The van der Waals surface area contributed by atoms with Crippen molar-refractivity contribution in [2.24, 2.45) is 0 Å². The van der Waals surface area contributed by atoms with Crippen molar-refractivity contribution in [3.63, 3.8) is 0 Å². The highest BCUT2D eigenvalue weighted by Crippen LogP contribution is 2.19. The molecule has 1 N–H and O–H groups in total. The Morgan fingerprint density at radius 2 is 2.20 bits per heavy atom. The van der Waals surface area contributed by atoms with Crippen molar-refractivity contribution in [1.82, 2.24) is 5.32 Å². The van der Waals surface area contributed by atoms with Crippen LogP contribution in [0.4, 0.5) is 0 Å². The summed E-state index contributed by atoms with van der Waals surface area (Å²) in [6.45, 7) is 8.66. The molecule has 15 heavy (non-hydrogen) atoms. The third-order valence-corrected chi connectivity index (χ3v) is 3.78. The second-order valence-corrected chi connectivity index (χ2v) is 5.76. The lowest BCUT2D eigenvalue weighted by atomic mass is 10.4. The molecule has 0 fully saturated rings. The third kappa shape index (κ3) is 5.28. The van der Waals surface area contributed by atoms with Gasteiger partial charge in [0, 0.05) is 17.0 Å². The summed E-state index contributed by atoms with van der Waals surface area (Å²) in [6, 6.07) is 3.92. The number of hydrogen-bond acceptors (Lipinski definition) is 3. The monoisotopic (exact) mass is 227 g/mol. The van der Waals surface area contributed by atoms with Gasteiger partial charge < -0.3 is 9.73 Å². The molecular formula is C12H21NOS. The molecule has 3 heteroatoms. The van der Waals surface area contributed by atoms with Crippen LogP contribution >= 0.6 is 11.8 Å². The molecule has 2 nitrogen and oxygen atoms in total. The van der Waals surface area contributed by atoms with Crippen LogP contribution in [-0.2, 0) is 6.54 Å². The van der Waals surface area contributed by atoms with Gasteiger partial charge in [0.2, 0.25) is 0 Å². The van der Waals surface area contributed by atoms with E-state index in [1.165, 1.54) is 6.42 Å². The van der Waals surface area contributed by atoms with Gasteiger partial charge in [-0.2, -0.15) is 11.8 Å². The van der Waals surface area contributed by atoms with Crippen LogP contribution in [0.5, 0.6) is 0 Å². The average molecular weight is 227 g/mol. The molecule has 0 aliphatic carbocycles. The minimum Gasteiger partial charge on any atom is -0.468 e. The van der Waals surface area contributed by atoms with Crippen molar-refractivity contribution in [2.75, 3.05) is 6.54 Å². The molecular weight excluding hydrogens is 206 g/mol. The van der Waals surface area contributed by atoms with E-state index in [0.717, 1.165) is 24.1 Å². The summed E-state index contributed by atoms with van der Waals surface area (Å²) in [5.74, 6) is 1.01. The Morgan fingerprint density at radius 1 is 1.40 bits per heavy atom. The van der Waals surface area contributed by atoms with E-state index in [9.17, 15) is 0 Å². The number of thioether (sulfide) groups is 1. The van der Waals surface area contributed by atoms with E-state index in [0.29, 0.717) is 5.25 Å². The molecule has 2 unspecified atom stereocenters. The molecule has 0 saturated heterocycles. The van der Waals surface area contributed by atoms with Crippen molar-refractivity contribution < 1.29 is 4.42 Å². The molecule has 0 spiro atoms. The van der Waals surface area contributed by atoms with E-state index in [1.54, 1.807) is 6.26 Å². The molecule has 1 aromatic rings. The Balaban J connectivity index is 2.09. The molecule has 0 radical (unpaired) electrons. The molecule has 86 valence electrons. The Kier molecular flexibility index (Phi) is 5.88. The Hall–Kier alpha value is -0.410. The normalized spacial score (nSPS) is 15.1. The van der Waals surface area contributed by atoms with Crippen molar-refractivity contribution in [2.45, 2.75) is 44.2 Å². The smallest absolute Gasteiger partial charge is 0.117 e. The first-order valence-electron chi connectivity index (χ1n) is 5.61. The Morgan fingerprint density at radius 3 is 2.80 bits per heavy atom. The van der Waals surface area contributed by atoms with Crippen molar-refractivity contribution in [1.29, 1.82) is 0 Å². The van der Waals surface area contributed by atoms with E-state index < -0.39 is 0 Å². The summed E-state index contributed by atoms with van der Waals surface area (Å²) in [5, 5.41) is 4.82. The summed E-state index contributed by atoms with van der Waals surface area (Å²) < 4.78 is 5.25. The van der Waals surface area contributed by atoms with E-state index >= 15 is 0 Å². The third-order valence-electron chi connectivity index (χ3n) is 2.35. The second kappa shape index (κ2) is 6.96. The van der Waals surface area contributed by atoms with Gasteiger partial charge in [-0.05, 0) is 18.6 Å². The lowest BCUT2D eigenvalue weighted by Gasteiger charge is -2.15. The van der Waals surface area contributed by atoms with E-state index in [4.69, 9.17) is 4.42 Å². The maximum absolute atomic E-state index is 5.25. The van der Waals surface area contributed by atoms with Gasteiger partial charge in [0.25, 0.3) is 0 Å². The fourth-order valence-corrected chi connectivity index (χ4v) is 2.55. The second-order valence-electron chi connectivity index (χ2n) is 3.88. The molecule has 0 saturated carbocycles. The molecule has 0 aromatic carbocycles. The SMILES string of the molecule is CCC(C)SC(C)CNCc1ccco1. The van der Waals surface area contributed by atoms with Crippen LogP contribution in [0.15, 0.2) is 22.8 Å². The van der Waals surface area contributed by atoms with Gasteiger partial charge in [-0.1, -0.05) is 20.8 Å². The van der Waals surface area contributed by atoms with Crippen molar-refractivity contribution in [3.05, 3.63) is 24.2 Å². The predicted molar refractivity (Wildman–Crippen MR) is 67.2 cm³/mol. The first-order chi connectivity index (χ1) is 7.22. The standard InChI is InChI=1S/C12H21NOS/c1-4-10(2)15-11(3)8-13-9-12-6-5-7-14-12/h5-7,10-11,13H,4,8-9H2,1-3H3. The summed E-state index contributed by atoms with van der Waals surface area (Å²) in [5.41, 5.74) is 0. The maximum atomic E-state index is 5.25. The van der Waals surface area contributed by atoms with Crippen LogP contribution in [-0.4, -0.2) is 17.0 Å². The molecule has 1 rings (SSSR count). The van der Waals surface area contributed by atoms with Crippen LogP contribution in [0.2, 0.25) is 0 Å². The van der Waals surface area contributed by atoms with Gasteiger partial charge in [-0.25, -0.2) is 0 Å². The highest BCUT2D eigenvalue weighted by atomic mass is 32.2. The van der Waals surface area contributed by atoms with Gasteiger partial charge in [-0.15, -0.1) is 0 Å². The molecule has 0 bridgehead atoms. The number of nitrogens with one attached hydrogen (secondary N) is 1. The molecule has 1 aromatic heterocycles. The minimum absolute atomic E-state index is 0.662. The fourth-order valence-electron chi connectivity index (χ4n) is 1.35. The van der Waals surface area contributed by atoms with E-state index in [2.05, 4.69) is 26.1 Å². The Labute approximate surface area is 96.8 Å². The minimum atomic E-state index is 0.662. The van der Waals surface area contributed by atoms with Crippen molar-refractivity contribution >= 4 is 11.8 Å². The first kappa shape index (κ1) is 12.7. The first-order valence-corrected chi connectivity index (χ1v) is 6.55. The molecule has 0 aliphatic rings. The number of hydrogen-bond donors (Lipinski definition) is 1. The summed E-state index contributed by atoms with van der Waals surface area (Å²) in [6.07, 6.45) is 2.96. The molecule has 0 amide bonds. The van der Waals surface area contributed by atoms with Gasteiger partial charge in [0.15, 0.2) is 0 Å². The van der Waals surface area contributed by atoms with E-state index in [1.807, 2.05) is 23.9 Å². The van der Waals surface area contributed by atoms with Crippen molar-refractivity contribution in [3.8, 4) is 0 Å². The topological polar surface area (TPSA) is 25.2 Å². The van der Waals surface area contributed by atoms with Crippen LogP contribution in [0, 0.1) is 0 Å². The zero-order valence-corrected chi connectivity index (χ0v) is 10.6. The largest absolute Gasteiger partial charge is 0.468 e. The zero-order chi connectivity index (χ0) is 11.1. The van der Waals surface area contributed by atoms with Crippen LogP contribution < -0.4 is 5.32 Å². The molecule has 0 aliphatic heterocycles. The van der Waals surface area contributed by atoms with Gasteiger partial charge in [-0.3, -0.25) is 0 Å².